The molecular weight excluding hydrogens is 216 g/mol. The van der Waals surface area contributed by atoms with Crippen molar-refractivity contribution >= 4 is 12.2 Å². The number of hydrogen-bond donors (Lipinski definition) is 0. The first kappa shape index (κ1) is 12.0. The lowest BCUT2D eigenvalue weighted by Crippen LogP contribution is -1.78. The van der Waals surface area contributed by atoms with Crippen LogP contribution < -0.4 is 0 Å². The summed E-state index contributed by atoms with van der Waals surface area (Å²) in [6, 6.07) is 16.1. The molecule has 0 N–H and O–H groups in total. The van der Waals surface area contributed by atoms with Gasteiger partial charge in [-0.05, 0) is 35.4 Å². The Bertz CT molecular complexity index is 546. The van der Waals surface area contributed by atoms with Gasteiger partial charge in [-0.15, -0.1) is 0 Å². The zero-order chi connectivity index (χ0) is 12.8. The summed E-state index contributed by atoms with van der Waals surface area (Å²) >= 11 is 0. The van der Waals surface area contributed by atoms with Crippen LogP contribution >= 0.6 is 0 Å². The third-order valence-electron chi connectivity index (χ3n) is 2.64. The average molecular weight is 230 g/mol. The molecule has 0 saturated carbocycles. The summed E-state index contributed by atoms with van der Waals surface area (Å²) in [5.41, 5.74) is 4.23. The predicted molar refractivity (Wildman–Crippen MR) is 79.0 cm³/mol. The van der Waals surface area contributed by atoms with E-state index in [4.69, 9.17) is 0 Å². The highest BCUT2D eigenvalue weighted by atomic mass is 13.9. The van der Waals surface area contributed by atoms with Gasteiger partial charge in [0.25, 0.3) is 0 Å². The fourth-order valence-electron chi connectivity index (χ4n) is 1.55. The Morgan fingerprint density at radius 3 is 1.22 bits per heavy atom. The van der Waals surface area contributed by atoms with Crippen molar-refractivity contribution in [2.75, 3.05) is 0 Å². The van der Waals surface area contributed by atoms with E-state index in [9.17, 15) is 0 Å². The molecule has 0 aromatic heterocycles. The van der Waals surface area contributed by atoms with Gasteiger partial charge in [0.1, 0.15) is 0 Å². The van der Waals surface area contributed by atoms with E-state index in [1.807, 2.05) is 60.7 Å². The molecular formula is C18H14. The van der Waals surface area contributed by atoms with Gasteiger partial charge in [-0.3, -0.25) is 0 Å². The molecule has 0 saturated heterocycles. The first-order valence-corrected chi connectivity index (χ1v) is 5.79. The maximum atomic E-state index is 3.73. The van der Waals surface area contributed by atoms with Crippen LogP contribution in [0.2, 0.25) is 0 Å². The third-order valence-corrected chi connectivity index (χ3v) is 2.64. The van der Waals surface area contributed by atoms with Crippen LogP contribution in [0.5, 0.6) is 0 Å². The van der Waals surface area contributed by atoms with Crippen LogP contribution in [0.1, 0.15) is 22.3 Å². The van der Waals surface area contributed by atoms with Crippen molar-refractivity contribution in [2.45, 2.75) is 0 Å². The minimum atomic E-state index is 1.01. The minimum absolute atomic E-state index is 1.01. The highest BCUT2D eigenvalue weighted by molar-refractivity contribution is 5.52. The molecule has 0 atom stereocenters. The lowest BCUT2D eigenvalue weighted by atomic mass is 10.1. The van der Waals surface area contributed by atoms with Crippen LogP contribution in [0.4, 0.5) is 0 Å². The molecule has 0 heteroatoms. The molecule has 0 radical (unpaired) electrons. The zero-order valence-corrected chi connectivity index (χ0v) is 10.2. The van der Waals surface area contributed by atoms with E-state index >= 15 is 0 Å². The van der Waals surface area contributed by atoms with Crippen molar-refractivity contribution in [3.63, 3.8) is 0 Å². The summed E-state index contributed by atoms with van der Waals surface area (Å²) in [6.07, 6.45) is 3.65. The molecule has 0 bridgehead atoms. The van der Waals surface area contributed by atoms with Crippen molar-refractivity contribution in [1.29, 1.82) is 0 Å². The molecule has 2 rings (SSSR count). The van der Waals surface area contributed by atoms with E-state index in [1.165, 1.54) is 0 Å². The van der Waals surface area contributed by atoms with E-state index in [0.717, 1.165) is 22.3 Å². The molecule has 2 aromatic carbocycles. The first-order valence-electron chi connectivity index (χ1n) is 5.79. The van der Waals surface area contributed by atoms with Crippen molar-refractivity contribution < 1.29 is 0 Å². The van der Waals surface area contributed by atoms with Crippen LogP contribution in [-0.4, -0.2) is 0 Å². The number of hydrogen-bond acceptors (Lipinski definition) is 0. The Morgan fingerprint density at radius 2 is 0.944 bits per heavy atom. The second-order valence-electron chi connectivity index (χ2n) is 3.90. The SMILES string of the molecule is C=Cc1ccc(C#Cc2ccc(C=C)cc2)cc1. The van der Waals surface area contributed by atoms with Gasteiger partial charge in [-0.2, -0.15) is 0 Å². The topological polar surface area (TPSA) is 0 Å². The van der Waals surface area contributed by atoms with Crippen molar-refractivity contribution in [3.8, 4) is 11.8 Å². The summed E-state index contributed by atoms with van der Waals surface area (Å²) in [5.74, 6) is 6.28. The molecule has 0 nitrogen and oxygen atoms in total. The average Bonchev–Trinajstić information content (AvgIpc) is 2.46. The Balaban J connectivity index is 2.19. The first-order chi connectivity index (χ1) is 8.81. The molecule has 86 valence electrons. The molecule has 0 heterocycles. The summed E-state index contributed by atoms with van der Waals surface area (Å²) in [4.78, 5) is 0. The molecule has 0 aliphatic rings. The fraction of sp³-hybridized carbons (Fsp3) is 0. The molecule has 0 fully saturated rings. The van der Waals surface area contributed by atoms with Crippen LogP contribution in [0.3, 0.4) is 0 Å². The molecule has 0 amide bonds. The number of benzene rings is 2. The van der Waals surface area contributed by atoms with Gasteiger partial charge in [-0.25, -0.2) is 0 Å². The van der Waals surface area contributed by atoms with Crippen molar-refractivity contribution in [1.82, 2.24) is 0 Å². The van der Waals surface area contributed by atoms with Crippen molar-refractivity contribution in [2.24, 2.45) is 0 Å². The molecule has 18 heavy (non-hydrogen) atoms. The second kappa shape index (κ2) is 5.70. The Hall–Kier alpha value is -2.52. The molecule has 0 aliphatic heterocycles. The van der Waals surface area contributed by atoms with Crippen LogP contribution in [-0.2, 0) is 0 Å². The minimum Gasteiger partial charge on any atom is -0.0985 e. The van der Waals surface area contributed by atoms with Gasteiger partial charge in [0.05, 0.1) is 0 Å². The largest absolute Gasteiger partial charge is 0.0985 e. The lowest BCUT2D eigenvalue weighted by molar-refractivity contribution is 1.59. The third kappa shape index (κ3) is 2.99. The lowest BCUT2D eigenvalue weighted by Gasteiger charge is -1.94. The fourth-order valence-corrected chi connectivity index (χ4v) is 1.55. The predicted octanol–water partition coefficient (Wildman–Crippen LogP) is 4.37. The highest BCUT2D eigenvalue weighted by Crippen LogP contribution is 2.06. The monoisotopic (exact) mass is 230 g/mol. The van der Waals surface area contributed by atoms with Gasteiger partial charge in [0.15, 0.2) is 0 Å². The number of rotatable bonds is 2. The smallest absolute Gasteiger partial charge is 0.0249 e. The normalized spacial score (nSPS) is 9.11. The Labute approximate surface area is 108 Å². The summed E-state index contributed by atoms with van der Waals surface area (Å²) < 4.78 is 0. The quantitative estimate of drug-likeness (QED) is 0.672. The van der Waals surface area contributed by atoms with E-state index in [0.29, 0.717) is 0 Å². The Morgan fingerprint density at radius 1 is 0.611 bits per heavy atom. The molecule has 0 unspecified atom stereocenters. The molecule has 0 spiro atoms. The molecule has 2 aromatic rings. The van der Waals surface area contributed by atoms with Gasteiger partial charge < -0.3 is 0 Å². The van der Waals surface area contributed by atoms with Gasteiger partial charge >= 0.3 is 0 Å². The van der Waals surface area contributed by atoms with E-state index in [2.05, 4.69) is 25.0 Å². The standard InChI is InChI=1S/C18H14/c1-3-15-5-9-17(10-6-15)13-14-18-11-7-16(4-2)8-12-18/h3-12H,1-2H2. The summed E-state index contributed by atoms with van der Waals surface area (Å²) in [7, 11) is 0. The van der Waals surface area contributed by atoms with Crippen LogP contribution in [0.15, 0.2) is 61.7 Å². The van der Waals surface area contributed by atoms with Gasteiger partial charge in [0, 0.05) is 11.1 Å². The highest BCUT2D eigenvalue weighted by Gasteiger charge is 1.89. The summed E-state index contributed by atoms with van der Waals surface area (Å²) in [6.45, 7) is 7.45. The maximum absolute atomic E-state index is 3.73. The van der Waals surface area contributed by atoms with E-state index in [1.54, 1.807) is 0 Å². The van der Waals surface area contributed by atoms with E-state index < -0.39 is 0 Å². The maximum Gasteiger partial charge on any atom is 0.0249 e. The second-order valence-corrected chi connectivity index (χ2v) is 3.90. The van der Waals surface area contributed by atoms with Crippen LogP contribution in [0.25, 0.3) is 12.2 Å². The molecule has 0 aliphatic carbocycles. The zero-order valence-electron chi connectivity index (χ0n) is 10.2. The van der Waals surface area contributed by atoms with Gasteiger partial charge in [-0.1, -0.05) is 61.4 Å². The van der Waals surface area contributed by atoms with E-state index in [-0.39, 0.29) is 0 Å². The van der Waals surface area contributed by atoms with Gasteiger partial charge in [0.2, 0.25) is 0 Å². The van der Waals surface area contributed by atoms with Crippen molar-refractivity contribution in [3.05, 3.63) is 83.9 Å². The van der Waals surface area contributed by atoms with Crippen LogP contribution in [0, 0.1) is 11.8 Å². The Kier molecular flexibility index (Phi) is 3.79. The summed E-state index contributed by atoms with van der Waals surface area (Å²) in [5, 5.41) is 0.